The van der Waals surface area contributed by atoms with E-state index in [1.165, 1.54) is 0 Å². The predicted molar refractivity (Wildman–Crippen MR) is 193 cm³/mol. The van der Waals surface area contributed by atoms with E-state index in [0.29, 0.717) is 119 Å². The lowest BCUT2D eigenvalue weighted by Crippen LogP contribution is -2.34. The first-order chi connectivity index (χ1) is 24.7. The fraction of sp³-hybridized carbons (Fsp3) is 0.550. The summed E-state index contributed by atoms with van der Waals surface area (Å²) in [5.74, 6) is 0. The highest BCUT2D eigenvalue weighted by Crippen LogP contribution is 2.40. The van der Waals surface area contributed by atoms with Crippen molar-refractivity contribution in [3.05, 3.63) is 108 Å². The molecule has 0 radical (unpaired) electrons. The quantitative estimate of drug-likeness (QED) is 0.0611. The maximum absolute atomic E-state index is 6.73. The van der Waals surface area contributed by atoms with Crippen molar-refractivity contribution in [1.29, 1.82) is 0 Å². The largest absolute Gasteiger partial charge is 0.377 e. The summed E-state index contributed by atoms with van der Waals surface area (Å²) in [7, 11) is 0. The molecule has 0 aliphatic rings. The van der Waals surface area contributed by atoms with Gasteiger partial charge in [-0.25, -0.2) is 0 Å². The van der Waals surface area contributed by atoms with Crippen molar-refractivity contribution in [1.82, 2.24) is 0 Å². The molecule has 0 unspecified atom stereocenters. The van der Waals surface area contributed by atoms with Crippen LogP contribution in [0.1, 0.15) is 30.5 Å². The van der Waals surface area contributed by atoms with Gasteiger partial charge in [0.2, 0.25) is 0 Å². The molecule has 0 bridgehead atoms. The highest BCUT2D eigenvalue weighted by atomic mass is 16.6. The molecule has 0 fully saturated rings. The predicted octanol–water partition coefficient (Wildman–Crippen LogP) is 5.55. The van der Waals surface area contributed by atoms with Crippen molar-refractivity contribution in [2.24, 2.45) is 0 Å². The summed E-state index contributed by atoms with van der Waals surface area (Å²) in [4.78, 5) is 0. The fourth-order valence-corrected chi connectivity index (χ4v) is 5.01. The highest BCUT2D eigenvalue weighted by Gasteiger charge is 2.37. The first-order valence-corrected chi connectivity index (χ1v) is 17.8. The van der Waals surface area contributed by atoms with Crippen LogP contribution in [-0.2, 0) is 53.0 Å². The summed E-state index contributed by atoms with van der Waals surface area (Å²) >= 11 is 0. The molecule has 0 heterocycles. The van der Waals surface area contributed by atoms with Gasteiger partial charge in [-0.3, -0.25) is 0 Å². The van der Waals surface area contributed by atoms with Crippen LogP contribution in [0, 0.1) is 0 Å². The monoisotopic (exact) mass is 698 g/mol. The van der Waals surface area contributed by atoms with Gasteiger partial charge >= 0.3 is 0 Å². The van der Waals surface area contributed by atoms with Crippen molar-refractivity contribution in [3.8, 4) is 0 Å². The Morgan fingerprint density at radius 3 is 0.840 bits per heavy atom. The number of hydrogen-bond acceptors (Lipinski definition) is 10. The zero-order valence-electron chi connectivity index (χ0n) is 30.0. The fourth-order valence-electron chi connectivity index (χ4n) is 5.01. The van der Waals surface area contributed by atoms with Crippen molar-refractivity contribution < 1.29 is 47.4 Å². The molecule has 3 rings (SSSR count). The lowest BCUT2D eigenvalue weighted by Gasteiger charge is -2.36. The maximum Gasteiger partial charge on any atom is 0.143 e. The lowest BCUT2D eigenvalue weighted by molar-refractivity contribution is -0.0399. The smallest absolute Gasteiger partial charge is 0.143 e. The van der Waals surface area contributed by atoms with Gasteiger partial charge in [-0.1, -0.05) is 91.0 Å². The van der Waals surface area contributed by atoms with E-state index in [-0.39, 0.29) is 6.10 Å². The standard InChI is InChI=1S/C40H58O10/c1-36(2)49-34-32-47-30-28-45-26-24-43-22-20-41-18-19-42-21-23-44-25-27-46-29-31-48-33-35-50-40(37-12-6-3-7-13-37,38-14-8-4-9-15-38)39-16-10-5-11-17-39/h3-17,36H,18-35H2,1-2H3. The Labute approximate surface area is 299 Å². The van der Waals surface area contributed by atoms with Crippen molar-refractivity contribution >= 4 is 0 Å². The van der Waals surface area contributed by atoms with Gasteiger partial charge in [0.1, 0.15) is 5.60 Å². The van der Waals surface area contributed by atoms with Crippen LogP contribution >= 0.6 is 0 Å². The molecule has 50 heavy (non-hydrogen) atoms. The molecule has 10 nitrogen and oxygen atoms in total. The van der Waals surface area contributed by atoms with Gasteiger partial charge in [0.05, 0.1) is 125 Å². The normalized spacial score (nSPS) is 11.8. The van der Waals surface area contributed by atoms with E-state index in [1.807, 2.05) is 68.4 Å². The Kier molecular flexibility index (Phi) is 23.3. The minimum absolute atomic E-state index is 0.229. The number of benzene rings is 3. The van der Waals surface area contributed by atoms with Gasteiger partial charge < -0.3 is 47.4 Å². The molecular weight excluding hydrogens is 640 g/mol. The van der Waals surface area contributed by atoms with E-state index in [1.54, 1.807) is 0 Å². The third-order valence-electron chi connectivity index (χ3n) is 7.37. The van der Waals surface area contributed by atoms with Gasteiger partial charge in [0.15, 0.2) is 0 Å². The van der Waals surface area contributed by atoms with E-state index in [0.717, 1.165) is 16.7 Å². The van der Waals surface area contributed by atoms with Crippen LogP contribution in [0.2, 0.25) is 0 Å². The Bertz CT molecular complexity index is 1070. The highest BCUT2D eigenvalue weighted by molar-refractivity contribution is 5.47. The molecule has 0 atom stereocenters. The first-order valence-electron chi connectivity index (χ1n) is 17.8. The second kappa shape index (κ2) is 27.9. The second-order valence-electron chi connectivity index (χ2n) is 11.4. The minimum Gasteiger partial charge on any atom is -0.377 e. The summed E-state index contributed by atoms with van der Waals surface area (Å²) in [6.07, 6.45) is 0.229. The third-order valence-corrected chi connectivity index (χ3v) is 7.37. The van der Waals surface area contributed by atoms with Crippen molar-refractivity contribution in [3.63, 3.8) is 0 Å². The van der Waals surface area contributed by atoms with Crippen molar-refractivity contribution in [2.45, 2.75) is 25.6 Å². The lowest BCUT2D eigenvalue weighted by atomic mass is 9.80. The summed E-state index contributed by atoms with van der Waals surface area (Å²) in [6, 6.07) is 31.0. The van der Waals surface area contributed by atoms with E-state index in [4.69, 9.17) is 47.4 Å². The molecule has 0 spiro atoms. The van der Waals surface area contributed by atoms with Crippen LogP contribution in [0.5, 0.6) is 0 Å². The molecule has 0 aromatic heterocycles. The summed E-state index contributed by atoms with van der Waals surface area (Å²) in [6.45, 7) is 13.2. The van der Waals surface area contributed by atoms with Crippen LogP contribution in [0.15, 0.2) is 91.0 Å². The van der Waals surface area contributed by atoms with Gasteiger partial charge in [-0.2, -0.15) is 0 Å². The van der Waals surface area contributed by atoms with Crippen LogP contribution in [0.4, 0.5) is 0 Å². The molecule has 3 aromatic rings. The van der Waals surface area contributed by atoms with Gasteiger partial charge in [-0.15, -0.1) is 0 Å². The van der Waals surface area contributed by atoms with Crippen LogP contribution in [-0.4, -0.2) is 125 Å². The Morgan fingerprint density at radius 1 is 0.340 bits per heavy atom. The molecule has 0 N–H and O–H groups in total. The molecule has 0 amide bonds. The average Bonchev–Trinajstić information content (AvgIpc) is 3.15. The number of rotatable bonds is 32. The van der Waals surface area contributed by atoms with Crippen molar-refractivity contribution in [2.75, 3.05) is 119 Å². The van der Waals surface area contributed by atoms with E-state index in [2.05, 4.69) is 36.4 Å². The molecule has 0 saturated carbocycles. The SMILES string of the molecule is CC(C)OCCOCCOCCOCCOCCOCCOCCOCCOCCOC(c1ccccc1)(c1ccccc1)c1ccccc1. The molecule has 3 aromatic carbocycles. The topological polar surface area (TPSA) is 92.3 Å². The molecule has 278 valence electrons. The van der Waals surface area contributed by atoms with Crippen LogP contribution in [0.25, 0.3) is 0 Å². The van der Waals surface area contributed by atoms with Crippen LogP contribution in [0.3, 0.4) is 0 Å². The molecule has 0 aliphatic heterocycles. The van der Waals surface area contributed by atoms with Crippen LogP contribution < -0.4 is 0 Å². The molecule has 0 saturated heterocycles. The summed E-state index contributed by atoms with van der Waals surface area (Å²) < 4.78 is 56.6. The van der Waals surface area contributed by atoms with E-state index < -0.39 is 5.60 Å². The number of ether oxygens (including phenoxy) is 10. The summed E-state index contributed by atoms with van der Waals surface area (Å²) in [5.41, 5.74) is 2.46. The Morgan fingerprint density at radius 2 is 0.580 bits per heavy atom. The van der Waals surface area contributed by atoms with Gasteiger partial charge in [0, 0.05) is 0 Å². The third kappa shape index (κ3) is 17.5. The maximum atomic E-state index is 6.73. The summed E-state index contributed by atoms with van der Waals surface area (Å²) in [5, 5.41) is 0. The second-order valence-corrected chi connectivity index (χ2v) is 11.4. The zero-order valence-corrected chi connectivity index (χ0v) is 30.0. The van der Waals surface area contributed by atoms with Gasteiger partial charge in [0.25, 0.3) is 0 Å². The Hall–Kier alpha value is -2.74. The van der Waals surface area contributed by atoms with E-state index >= 15 is 0 Å². The minimum atomic E-state index is -0.747. The molecule has 10 heteroatoms. The number of hydrogen-bond donors (Lipinski definition) is 0. The average molecular weight is 699 g/mol. The van der Waals surface area contributed by atoms with E-state index in [9.17, 15) is 0 Å². The molecule has 0 aliphatic carbocycles. The Balaban J connectivity index is 1.11. The zero-order chi connectivity index (χ0) is 35.2. The first kappa shape index (κ1) is 41.7. The van der Waals surface area contributed by atoms with Gasteiger partial charge in [-0.05, 0) is 30.5 Å². The molecular formula is C40H58O10.